The zero-order chi connectivity index (χ0) is 10.6. The van der Waals surface area contributed by atoms with Crippen LogP contribution >= 0.6 is 0 Å². The highest BCUT2D eigenvalue weighted by molar-refractivity contribution is 5.17. The molecule has 1 aliphatic rings. The van der Waals surface area contributed by atoms with Gasteiger partial charge in [-0.25, -0.2) is 0 Å². The highest BCUT2D eigenvalue weighted by Crippen LogP contribution is 2.32. The minimum Gasteiger partial charge on any atom is -0.367 e. The molecule has 0 aromatic heterocycles. The third-order valence-electron chi connectivity index (χ3n) is 3.01. The lowest BCUT2D eigenvalue weighted by Crippen LogP contribution is -2.29. The van der Waals surface area contributed by atoms with E-state index in [0.717, 1.165) is 5.92 Å². The van der Waals surface area contributed by atoms with E-state index in [0.29, 0.717) is 6.61 Å². The Morgan fingerprint density at radius 1 is 1.64 bits per heavy atom. The van der Waals surface area contributed by atoms with Crippen LogP contribution in [0.1, 0.15) is 40.0 Å². The Morgan fingerprint density at radius 3 is 2.86 bits per heavy atom. The first-order valence-corrected chi connectivity index (χ1v) is 5.50. The molecule has 1 atom stereocenters. The normalized spacial score (nSPS) is 23.1. The lowest BCUT2D eigenvalue weighted by atomic mass is 9.84. The minimum absolute atomic E-state index is 0.103. The van der Waals surface area contributed by atoms with Crippen molar-refractivity contribution in [1.82, 2.24) is 0 Å². The first-order valence-electron chi connectivity index (χ1n) is 5.50. The number of allylic oxidation sites excluding steroid dienone is 1. The van der Waals surface area contributed by atoms with Gasteiger partial charge in [-0.05, 0) is 44.6 Å². The highest BCUT2D eigenvalue weighted by atomic mass is 16.5. The van der Waals surface area contributed by atoms with E-state index in [-0.39, 0.29) is 5.60 Å². The van der Waals surface area contributed by atoms with Gasteiger partial charge in [-0.2, -0.15) is 0 Å². The predicted octanol–water partition coefficient (Wildman–Crippen LogP) is 3.71. The molecule has 0 spiro atoms. The van der Waals surface area contributed by atoms with Gasteiger partial charge < -0.3 is 4.74 Å². The fourth-order valence-electron chi connectivity index (χ4n) is 1.87. The van der Waals surface area contributed by atoms with Gasteiger partial charge in [-0.1, -0.05) is 19.1 Å². The fourth-order valence-corrected chi connectivity index (χ4v) is 1.87. The van der Waals surface area contributed by atoms with E-state index in [9.17, 15) is 0 Å². The molecule has 0 saturated heterocycles. The van der Waals surface area contributed by atoms with Crippen molar-refractivity contribution in [2.75, 3.05) is 6.61 Å². The van der Waals surface area contributed by atoms with Gasteiger partial charge in [0.1, 0.15) is 0 Å². The molecule has 1 heteroatoms. The molecule has 0 heterocycles. The Kier molecular flexibility index (Phi) is 3.94. The summed E-state index contributed by atoms with van der Waals surface area (Å²) >= 11 is 0. The summed E-state index contributed by atoms with van der Waals surface area (Å²) in [6.45, 7) is 10.9. The van der Waals surface area contributed by atoms with Crippen LogP contribution in [0.5, 0.6) is 0 Å². The molecule has 1 aliphatic carbocycles. The molecule has 0 saturated carbocycles. The third-order valence-corrected chi connectivity index (χ3v) is 3.01. The third kappa shape index (κ3) is 2.98. The van der Waals surface area contributed by atoms with Gasteiger partial charge in [0.2, 0.25) is 0 Å². The van der Waals surface area contributed by atoms with Gasteiger partial charge in [0.15, 0.2) is 0 Å². The Bertz CT molecular complexity index is 225. The molecule has 1 unspecified atom stereocenters. The van der Waals surface area contributed by atoms with Crippen LogP contribution in [0.15, 0.2) is 24.3 Å². The topological polar surface area (TPSA) is 9.23 Å². The maximum Gasteiger partial charge on any atom is 0.0839 e. The van der Waals surface area contributed by atoms with Crippen molar-refractivity contribution < 1.29 is 4.74 Å². The fraction of sp³-hybridized carbons (Fsp3) is 0.692. The summed E-state index contributed by atoms with van der Waals surface area (Å²) in [4.78, 5) is 0. The number of hydrogen-bond donors (Lipinski definition) is 0. The quantitative estimate of drug-likeness (QED) is 0.620. The second-order valence-corrected chi connectivity index (χ2v) is 4.72. The van der Waals surface area contributed by atoms with Crippen LogP contribution in [-0.2, 0) is 4.74 Å². The predicted molar refractivity (Wildman–Crippen MR) is 61.3 cm³/mol. The molecule has 0 aromatic carbocycles. The molecule has 0 aromatic rings. The Balaban J connectivity index is 2.58. The molecular weight excluding hydrogens is 172 g/mol. The highest BCUT2D eigenvalue weighted by Gasteiger charge is 2.25. The van der Waals surface area contributed by atoms with Gasteiger partial charge in [0.25, 0.3) is 0 Å². The average molecular weight is 194 g/mol. The van der Waals surface area contributed by atoms with Crippen LogP contribution < -0.4 is 0 Å². The van der Waals surface area contributed by atoms with Crippen molar-refractivity contribution in [3.63, 3.8) is 0 Å². The van der Waals surface area contributed by atoms with Crippen LogP contribution in [-0.4, -0.2) is 12.2 Å². The minimum atomic E-state index is -0.103. The monoisotopic (exact) mass is 194 g/mol. The molecule has 0 N–H and O–H groups in total. The van der Waals surface area contributed by atoms with E-state index in [1.165, 1.54) is 24.8 Å². The summed E-state index contributed by atoms with van der Waals surface area (Å²) in [5.41, 5.74) is 1.35. The van der Waals surface area contributed by atoms with E-state index in [2.05, 4.69) is 33.4 Å². The lowest BCUT2D eigenvalue weighted by Gasteiger charge is -2.31. The molecule has 14 heavy (non-hydrogen) atoms. The molecule has 0 fully saturated rings. The van der Waals surface area contributed by atoms with Crippen LogP contribution in [0.3, 0.4) is 0 Å². The zero-order valence-corrected chi connectivity index (χ0v) is 9.68. The number of rotatable bonds is 4. The summed E-state index contributed by atoms with van der Waals surface area (Å²) in [7, 11) is 0. The molecular formula is C13H22O. The van der Waals surface area contributed by atoms with Crippen LogP contribution in [0, 0.1) is 5.92 Å². The maximum absolute atomic E-state index is 5.77. The van der Waals surface area contributed by atoms with Crippen molar-refractivity contribution >= 4 is 0 Å². The first-order chi connectivity index (χ1) is 6.56. The summed E-state index contributed by atoms with van der Waals surface area (Å²) in [6, 6.07) is 0. The number of hydrogen-bond acceptors (Lipinski definition) is 1. The van der Waals surface area contributed by atoms with Crippen LogP contribution in [0.4, 0.5) is 0 Å². The number of ether oxygens (including phenoxy) is 1. The Labute approximate surface area is 87.8 Å². The SMILES string of the molecule is C=CCOC(C)(C)C1=CCC(C)CC1. The largest absolute Gasteiger partial charge is 0.367 e. The van der Waals surface area contributed by atoms with Gasteiger partial charge in [-0.15, -0.1) is 6.58 Å². The van der Waals surface area contributed by atoms with Crippen LogP contribution in [0.2, 0.25) is 0 Å². The van der Waals surface area contributed by atoms with Crippen molar-refractivity contribution in [1.29, 1.82) is 0 Å². The van der Waals surface area contributed by atoms with E-state index in [1.54, 1.807) is 0 Å². The Morgan fingerprint density at radius 2 is 2.36 bits per heavy atom. The molecule has 0 bridgehead atoms. The van der Waals surface area contributed by atoms with E-state index in [1.807, 2.05) is 6.08 Å². The molecule has 0 aliphatic heterocycles. The van der Waals surface area contributed by atoms with Gasteiger partial charge in [-0.3, -0.25) is 0 Å². The van der Waals surface area contributed by atoms with Crippen molar-refractivity contribution in [2.45, 2.75) is 45.6 Å². The van der Waals surface area contributed by atoms with Crippen molar-refractivity contribution in [3.8, 4) is 0 Å². The summed E-state index contributed by atoms with van der Waals surface area (Å²) in [6.07, 6.45) is 7.86. The zero-order valence-electron chi connectivity index (χ0n) is 9.68. The smallest absolute Gasteiger partial charge is 0.0839 e. The summed E-state index contributed by atoms with van der Waals surface area (Å²) < 4.78 is 5.77. The molecule has 1 rings (SSSR count). The molecule has 0 amide bonds. The second kappa shape index (κ2) is 4.79. The van der Waals surface area contributed by atoms with E-state index < -0.39 is 0 Å². The van der Waals surface area contributed by atoms with Gasteiger partial charge >= 0.3 is 0 Å². The summed E-state index contributed by atoms with van der Waals surface area (Å²) in [5, 5.41) is 0. The average Bonchev–Trinajstić information content (AvgIpc) is 2.16. The van der Waals surface area contributed by atoms with Gasteiger partial charge in [0, 0.05) is 0 Å². The van der Waals surface area contributed by atoms with Crippen molar-refractivity contribution in [2.24, 2.45) is 5.92 Å². The Hall–Kier alpha value is -0.560. The maximum atomic E-state index is 5.77. The summed E-state index contributed by atoms with van der Waals surface area (Å²) in [5.74, 6) is 0.842. The van der Waals surface area contributed by atoms with Crippen LogP contribution in [0.25, 0.3) is 0 Å². The van der Waals surface area contributed by atoms with E-state index in [4.69, 9.17) is 4.74 Å². The molecule has 1 nitrogen and oxygen atoms in total. The molecule has 0 radical (unpaired) electrons. The van der Waals surface area contributed by atoms with Crippen molar-refractivity contribution in [3.05, 3.63) is 24.3 Å². The van der Waals surface area contributed by atoms with E-state index >= 15 is 0 Å². The molecule has 80 valence electrons. The second-order valence-electron chi connectivity index (χ2n) is 4.72. The lowest BCUT2D eigenvalue weighted by molar-refractivity contribution is 0.0249. The first kappa shape index (κ1) is 11.5. The standard InChI is InChI=1S/C13H22O/c1-5-10-14-13(3,4)12-8-6-11(2)7-9-12/h5,8,11H,1,6-7,9-10H2,2-4H3. The van der Waals surface area contributed by atoms with Gasteiger partial charge in [0.05, 0.1) is 12.2 Å².